The highest BCUT2D eigenvalue weighted by molar-refractivity contribution is 7.89. The van der Waals surface area contributed by atoms with Crippen LogP contribution in [0.5, 0.6) is 0 Å². The van der Waals surface area contributed by atoms with Gasteiger partial charge in [0.25, 0.3) is 10.0 Å². The van der Waals surface area contributed by atoms with E-state index in [0.29, 0.717) is 11.8 Å². The summed E-state index contributed by atoms with van der Waals surface area (Å²) < 4.78 is 30.8. The highest BCUT2D eigenvalue weighted by atomic mass is 32.2. The van der Waals surface area contributed by atoms with Crippen LogP contribution in [0.15, 0.2) is 41.3 Å². The molecule has 140 valence electrons. The molecule has 6 nitrogen and oxygen atoms in total. The Bertz CT molecular complexity index is 890. The first kappa shape index (κ1) is 18.8. The second kappa shape index (κ2) is 8.16. The fourth-order valence-corrected chi connectivity index (χ4v) is 4.63. The molecule has 0 bridgehead atoms. The molecule has 0 aromatic heterocycles. The number of benzene rings is 2. The van der Waals surface area contributed by atoms with Crippen molar-refractivity contribution in [3.05, 3.63) is 42.0 Å². The number of hydrogen-bond acceptors (Lipinski definition) is 5. The van der Waals surface area contributed by atoms with Gasteiger partial charge in [-0.05, 0) is 29.9 Å². The smallest absolute Gasteiger partial charge is 0.302 e. The van der Waals surface area contributed by atoms with Crippen LogP contribution in [0.4, 0.5) is 0 Å². The first-order chi connectivity index (χ1) is 12.5. The van der Waals surface area contributed by atoms with E-state index in [4.69, 9.17) is 4.74 Å². The molecule has 0 spiro atoms. The molecule has 0 aliphatic carbocycles. The lowest BCUT2D eigenvalue weighted by Gasteiger charge is -2.27. The number of esters is 1. The van der Waals surface area contributed by atoms with Gasteiger partial charge in [-0.1, -0.05) is 36.8 Å². The topological polar surface area (TPSA) is 75.7 Å². The third-order valence-corrected chi connectivity index (χ3v) is 5.98. The molecule has 1 N–H and O–H groups in total. The van der Waals surface area contributed by atoms with Crippen LogP contribution in [-0.4, -0.2) is 39.1 Å². The van der Waals surface area contributed by atoms with Crippen molar-refractivity contribution in [1.29, 1.82) is 0 Å². The van der Waals surface area contributed by atoms with E-state index in [-0.39, 0.29) is 17.5 Å². The van der Waals surface area contributed by atoms with Gasteiger partial charge in [0, 0.05) is 31.8 Å². The maximum Gasteiger partial charge on any atom is 0.302 e. The van der Waals surface area contributed by atoms with Crippen molar-refractivity contribution in [1.82, 2.24) is 9.84 Å². The number of hydrazine groups is 1. The number of carbonyl (C=O) groups excluding carboxylic acids is 1. The molecule has 2 aromatic rings. The lowest BCUT2D eigenvalue weighted by atomic mass is 10.0. The summed E-state index contributed by atoms with van der Waals surface area (Å²) >= 11 is 0. The van der Waals surface area contributed by atoms with Crippen molar-refractivity contribution in [2.45, 2.75) is 37.5 Å². The summed E-state index contributed by atoms with van der Waals surface area (Å²) in [4.78, 5) is 13.9. The number of piperidine rings is 1. The highest BCUT2D eigenvalue weighted by Gasteiger charge is 2.22. The lowest BCUT2D eigenvalue weighted by molar-refractivity contribution is -0.140. The Kier molecular flexibility index (Phi) is 5.90. The second-order valence-electron chi connectivity index (χ2n) is 6.50. The standard InChI is InChI=1S/C19H24N2O4S/c1-15(22)25-14-11-16-9-10-19(18-8-4-3-7-17(16)18)26(23,24)20-21-12-5-2-6-13-21/h3-4,7-10,20H,2,5-6,11-14H2,1H3. The van der Waals surface area contributed by atoms with Crippen LogP contribution in [0, 0.1) is 0 Å². The number of rotatable bonds is 6. The van der Waals surface area contributed by atoms with Gasteiger partial charge in [-0.25, -0.2) is 13.4 Å². The minimum absolute atomic E-state index is 0.273. The van der Waals surface area contributed by atoms with Crippen molar-refractivity contribution in [2.75, 3.05) is 19.7 Å². The summed E-state index contributed by atoms with van der Waals surface area (Å²) in [5.41, 5.74) is 0.957. The summed E-state index contributed by atoms with van der Waals surface area (Å²) in [6.45, 7) is 3.12. The Morgan fingerprint density at radius 1 is 1.08 bits per heavy atom. The SMILES string of the molecule is CC(=O)OCCc1ccc(S(=O)(=O)NN2CCCCC2)c2ccccc12. The molecule has 1 saturated heterocycles. The van der Waals surface area contributed by atoms with Gasteiger partial charge in [0.05, 0.1) is 11.5 Å². The van der Waals surface area contributed by atoms with Crippen molar-refractivity contribution >= 4 is 26.8 Å². The number of sulfonamides is 1. The average Bonchev–Trinajstić information content (AvgIpc) is 2.62. The van der Waals surface area contributed by atoms with Crippen molar-refractivity contribution in [3.63, 3.8) is 0 Å². The van der Waals surface area contributed by atoms with Crippen molar-refractivity contribution < 1.29 is 17.9 Å². The maximum absolute atomic E-state index is 12.9. The van der Waals surface area contributed by atoms with E-state index in [1.807, 2.05) is 24.3 Å². The Morgan fingerprint density at radius 3 is 2.46 bits per heavy atom. The molecule has 0 atom stereocenters. The van der Waals surface area contributed by atoms with Gasteiger partial charge in [0.1, 0.15) is 0 Å². The van der Waals surface area contributed by atoms with Gasteiger partial charge >= 0.3 is 5.97 Å². The fourth-order valence-electron chi connectivity index (χ4n) is 3.30. The molecular formula is C19H24N2O4S. The van der Waals surface area contributed by atoms with E-state index in [1.165, 1.54) is 6.92 Å². The minimum Gasteiger partial charge on any atom is -0.466 e. The van der Waals surface area contributed by atoms with Crippen molar-refractivity contribution in [3.8, 4) is 0 Å². The Balaban J connectivity index is 1.90. The molecule has 1 aliphatic rings. The summed E-state index contributed by atoms with van der Waals surface area (Å²) in [6.07, 6.45) is 3.68. The summed E-state index contributed by atoms with van der Waals surface area (Å²) in [6, 6.07) is 10.9. The molecule has 1 heterocycles. The predicted molar refractivity (Wildman–Crippen MR) is 100 cm³/mol. The van der Waals surface area contributed by atoms with Gasteiger partial charge < -0.3 is 4.74 Å². The number of carbonyl (C=O) groups is 1. The number of nitrogens with one attached hydrogen (secondary N) is 1. The molecule has 0 saturated carbocycles. The van der Waals surface area contributed by atoms with E-state index in [2.05, 4.69) is 4.83 Å². The number of hydrogen-bond donors (Lipinski definition) is 1. The number of fused-ring (bicyclic) bond motifs is 1. The zero-order chi connectivity index (χ0) is 18.6. The third-order valence-electron chi connectivity index (χ3n) is 4.55. The Hall–Kier alpha value is -1.96. The molecule has 3 rings (SSSR count). The minimum atomic E-state index is -3.65. The molecule has 1 aliphatic heterocycles. The Morgan fingerprint density at radius 2 is 1.77 bits per heavy atom. The number of nitrogens with zero attached hydrogens (tertiary/aromatic N) is 1. The first-order valence-electron chi connectivity index (χ1n) is 8.89. The highest BCUT2D eigenvalue weighted by Crippen LogP contribution is 2.27. The molecule has 26 heavy (non-hydrogen) atoms. The largest absolute Gasteiger partial charge is 0.466 e. The van der Waals surface area contributed by atoms with E-state index in [0.717, 1.165) is 43.3 Å². The van der Waals surface area contributed by atoms with Gasteiger partial charge in [0.15, 0.2) is 0 Å². The molecule has 1 fully saturated rings. The van der Waals surface area contributed by atoms with Crippen LogP contribution in [-0.2, 0) is 26.0 Å². The third kappa shape index (κ3) is 4.41. The fraction of sp³-hybridized carbons (Fsp3) is 0.421. The van der Waals surface area contributed by atoms with E-state index in [9.17, 15) is 13.2 Å². The molecule has 0 unspecified atom stereocenters. The first-order valence-corrected chi connectivity index (χ1v) is 10.4. The molecule has 2 aromatic carbocycles. The van der Waals surface area contributed by atoms with Gasteiger partial charge in [-0.3, -0.25) is 4.79 Å². The van der Waals surface area contributed by atoms with E-state index < -0.39 is 10.0 Å². The zero-order valence-electron chi connectivity index (χ0n) is 14.9. The summed E-state index contributed by atoms with van der Waals surface area (Å²) in [7, 11) is -3.65. The van der Waals surface area contributed by atoms with Crippen LogP contribution >= 0.6 is 0 Å². The lowest BCUT2D eigenvalue weighted by Crippen LogP contribution is -2.44. The second-order valence-corrected chi connectivity index (χ2v) is 8.13. The van der Waals surface area contributed by atoms with Gasteiger partial charge in [0.2, 0.25) is 0 Å². The maximum atomic E-state index is 12.9. The predicted octanol–water partition coefficient (Wildman–Crippen LogP) is 2.62. The average molecular weight is 376 g/mol. The normalized spacial score (nSPS) is 15.9. The van der Waals surface area contributed by atoms with E-state index in [1.54, 1.807) is 17.1 Å². The Labute approximate surface area is 154 Å². The monoisotopic (exact) mass is 376 g/mol. The quantitative estimate of drug-likeness (QED) is 0.785. The molecule has 0 amide bonds. The number of ether oxygens (including phenoxy) is 1. The summed E-state index contributed by atoms with van der Waals surface area (Å²) in [5, 5.41) is 3.32. The van der Waals surface area contributed by atoms with Gasteiger partial charge in [-0.2, -0.15) is 0 Å². The van der Waals surface area contributed by atoms with E-state index >= 15 is 0 Å². The molecule has 0 radical (unpaired) electrons. The molecule has 7 heteroatoms. The van der Waals surface area contributed by atoms with Crippen LogP contribution < -0.4 is 4.83 Å². The van der Waals surface area contributed by atoms with Crippen LogP contribution in [0.25, 0.3) is 10.8 Å². The van der Waals surface area contributed by atoms with Crippen LogP contribution in [0.1, 0.15) is 31.7 Å². The van der Waals surface area contributed by atoms with Crippen LogP contribution in [0.3, 0.4) is 0 Å². The summed E-state index contributed by atoms with van der Waals surface area (Å²) in [5.74, 6) is -0.320. The zero-order valence-corrected chi connectivity index (χ0v) is 15.7. The molecular weight excluding hydrogens is 352 g/mol. The van der Waals surface area contributed by atoms with Crippen molar-refractivity contribution in [2.24, 2.45) is 0 Å². The van der Waals surface area contributed by atoms with Crippen LogP contribution in [0.2, 0.25) is 0 Å². The van der Waals surface area contributed by atoms with Gasteiger partial charge in [-0.15, -0.1) is 4.83 Å².